The van der Waals surface area contributed by atoms with Gasteiger partial charge in [0.15, 0.2) is 0 Å². The average Bonchev–Trinajstić information content (AvgIpc) is 3.39. The Morgan fingerprint density at radius 3 is 2.67 bits per heavy atom. The van der Waals surface area contributed by atoms with Crippen LogP contribution < -0.4 is 16.2 Å². The van der Waals surface area contributed by atoms with Gasteiger partial charge in [-0.15, -0.1) is 0 Å². The van der Waals surface area contributed by atoms with Crippen LogP contribution in [0.5, 0.6) is 0 Å². The molecule has 0 aromatic carbocycles. The first-order valence-electron chi connectivity index (χ1n) is 8.47. The second kappa shape index (κ2) is 5.44. The van der Waals surface area contributed by atoms with Crippen molar-refractivity contribution in [3.8, 4) is 0 Å². The molecule has 1 aromatic rings. The monoisotopic (exact) mass is 287 g/mol. The van der Waals surface area contributed by atoms with Crippen LogP contribution in [0.1, 0.15) is 63.1 Å². The molecule has 5 nitrogen and oxygen atoms in total. The molecule has 4 rings (SSSR count). The van der Waals surface area contributed by atoms with Crippen LogP contribution >= 0.6 is 0 Å². The van der Waals surface area contributed by atoms with Gasteiger partial charge >= 0.3 is 0 Å². The number of aromatic nitrogens is 2. The van der Waals surface area contributed by atoms with Crippen molar-refractivity contribution in [1.82, 2.24) is 9.97 Å². The first-order valence-corrected chi connectivity index (χ1v) is 8.47. The molecular weight excluding hydrogens is 262 g/mol. The van der Waals surface area contributed by atoms with Crippen molar-refractivity contribution in [1.29, 1.82) is 0 Å². The topological polar surface area (TPSA) is 67.1 Å². The number of anilines is 2. The van der Waals surface area contributed by atoms with E-state index in [1.165, 1.54) is 51.4 Å². The van der Waals surface area contributed by atoms with Gasteiger partial charge in [-0.05, 0) is 44.4 Å². The molecule has 2 aliphatic carbocycles. The van der Waals surface area contributed by atoms with Gasteiger partial charge in [0.05, 0.1) is 0 Å². The number of nitrogens with one attached hydrogen (secondary N) is 1. The summed E-state index contributed by atoms with van der Waals surface area (Å²) in [6.45, 7) is 1.13. The number of piperidine rings is 1. The van der Waals surface area contributed by atoms with Crippen LogP contribution in [0.25, 0.3) is 0 Å². The van der Waals surface area contributed by atoms with Crippen LogP contribution in [0.4, 0.5) is 11.6 Å². The number of hydrazine groups is 1. The lowest BCUT2D eigenvalue weighted by molar-refractivity contribution is 0.242. The van der Waals surface area contributed by atoms with Crippen molar-refractivity contribution in [2.75, 3.05) is 16.9 Å². The number of hydrogen-bond acceptors (Lipinski definition) is 5. The molecule has 0 amide bonds. The molecule has 0 bridgehead atoms. The van der Waals surface area contributed by atoms with Gasteiger partial charge in [-0.2, -0.15) is 0 Å². The fourth-order valence-electron chi connectivity index (χ4n) is 4.11. The normalized spacial score (nSPS) is 29.1. The Morgan fingerprint density at radius 1 is 1.05 bits per heavy atom. The SMILES string of the molecule is NNc1cc(N2CCCC3CCCCC32)nc(C2CC2)n1. The van der Waals surface area contributed by atoms with E-state index in [-0.39, 0.29) is 0 Å². The molecule has 21 heavy (non-hydrogen) atoms. The summed E-state index contributed by atoms with van der Waals surface area (Å²) in [5.74, 6) is 9.87. The molecular formula is C16H25N5. The summed E-state index contributed by atoms with van der Waals surface area (Å²) in [6, 6.07) is 2.71. The minimum absolute atomic E-state index is 0.559. The predicted octanol–water partition coefficient (Wildman–Crippen LogP) is 2.80. The molecule has 2 unspecified atom stereocenters. The molecule has 114 valence electrons. The molecule has 2 saturated carbocycles. The zero-order valence-electron chi connectivity index (χ0n) is 12.6. The van der Waals surface area contributed by atoms with E-state index in [2.05, 4.69) is 15.3 Å². The van der Waals surface area contributed by atoms with E-state index in [1.807, 2.05) is 6.07 Å². The maximum absolute atomic E-state index is 5.61. The van der Waals surface area contributed by atoms with Crippen LogP contribution in [0.15, 0.2) is 6.07 Å². The fourth-order valence-corrected chi connectivity index (χ4v) is 4.11. The van der Waals surface area contributed by atoms with Crippen LogP contribution in [-0.2, 0) is 0 Å². The van der Waals surface area contributed by atoms with E-state index in [1.54, 1.807) is 0 Å². The molecule has 3 N–H and O–H groups in total. The molecule has 1 aliphatic heterocycles. The Balaban J connectivity index is 1.65. The Hall–Kier alpha value is -1.36. The second-order valence-corrected chi connectivity index (χ2v) is 6.84. The summed E-state index contributed by atoms with van der Waals surface area (Å²) >= 11 is 0. The highest BCUT2D eigenvalue weighted by Gasteiger charge is 2.35. The van der Waals surface area contributed by atoms with Gasteiger partial charge in [-0.25, -0.2) is 15.8 Å². The molecule has 2 heterocycles. The molecule has 3 aliphatic rings. The first-order chi connectivity index (χ1) is 10.3. The van der Waals surface area contributed by atoms with Gasteiger partial charge in [0.1, 0.15) is 17.5 Å². The highest BCUT2D eigenvalue weighted by atomic mass is 15.3. The van der Waals surface area contributed by atoms with Gasteiger partial charge in [0, 0.05) is 24.6 Å². The number of fused-ring (bicyclic) bond motifs is 1. The standard InChI is InChI=1S/C16H25N5/c17-20-14-10-15(19-16(18-14)12-7-8-12)21-9-3-5-11-4-1-2-6-13(11)21/h10-13H,1-9,17H2,(H,18,19,20). The van der Waals surface area contributed by atoms with Gasteiger partial charge < -0.3 is 10.3 Å². The number of hydrogen-bond donors (Lipinski definition) is 2. The lowest BCUT2D eigenvalue weighted by atomic mass is 9.78. The van der Waals surface area contributed by atoms with Crippen molar-refractivity contribution < 1.29 is 0 Å². The third-order valence-corrected chi connectivity index (χ3v) is 5.36. The van der Waals surface area contributed by atoms with Crippen LogP contribution in [0.2, 0.25) is 0 Å². The molecule has 2 atom stereocenters. The Morgan fingerprint density at radius 2 is 1.86 bits per heavy atom. The summed E-state index contributed by atoms with van der Waals surface area (Å²) < 4.78 is 0. The third kappa shape index (κ3) is 2.59. The van der Waals surface area contributed by atoms with Gasteiger partial charge in [0.25, 0.3) is 0 Å². The van der Waals surface area contributed by atoms with E-state index in [0.717, 1.165) is 29.9 Å². The van der Waals surface area contributed by atoms with E-state index in [4.69, 9.17) is 10.8 Å². The molecule has 0 radical (unpaired) electrons. The fraction of sp³-hybridized carbons (Fsp3) is 0.750. The minimum atomic E-state index is 0.559. The predicted molar refractivity (Wildman–Crippen MR) is 84.1 cm³/mol. The summed E-state index contributed by atoms with van der Waals surface area (Å²) in [5.41, 5.74) is 2.72. The summed E-state index contributed by atoms with van der Waals surface area (Å²) in [6.07, 6.45) is 10.6. The van der Waals surface area contributed by atoms with Crippen LogP contribution in [0.3, 0.4) is 0 Å². The van der Waals surface area contributed by atoms with Crippen molar-refractivity contribution in [2.24, 2.45) is 11.8 Å². The van der Waals surface area contributed by atoms with Crippen molar-refractivity contribution in [3.63, 3.8) is 0 Å². The highest BCUT2D eigenvalue weighted by Crippen LogP contribution is 2.41. The van der Waals surface area contributed by atoms with Gasteiger partial charge in [-0.3, -0.25) is 0 Å². The number of nitrogen functional groups attached to an aromatic ring is 1. The van der Waals surface area contributed by atoms with Crippen molar-refractivity contribution in [2.45, 2.75) is 63.3 Å². The molecule has 3 fully saturated rings. The maximum Gasteiger partial charge on any atom is 0.145 e. The largest absolute Gasteiger partial charge is 0.353 e. The first kappa shape index (κ1) is 13.3. The summed E-state index contributed by atoms with van der Waals surface area (Å²) in [4.78, 5) is 12.0. The lowest BCUT2D eigenvalue weighted by Gasteiger charge is -2.44. The molecule has 0 spiro atoms. The summed E-state index contributed by atoms with van der Waals surface area (Å²) in [5, 5.41) is 0. The van der Waals surface area contributed by atoms with Gasteiger partial charge in [-0.1, -0.05) is 12.8 Å². The van der Waals surface area contributed by atoms with Crippen LogP contribution in [-0.4, -0.2) is 22.6 Å². The molecule has 5 heteroatoms. The molecule has 1 saturated heterocycles. The zero-order valence-corrected chi connectivity index (χ0v) is 12.6. The van der Waals surface area contributed by atoms with Crippen molar-refractivity contribution in [3.05, 3.63) is 11.9 Å². The zero-order chi connectivity index (χ0) is 14.2. The smallest absolute Gasteiger partial charge is 0.145 e. The summed E-state index contributed by atoms with van der Waals surface area (Å²) in [7, 11) is 0. The van der Waals surface area contributed by atoms with E-state index in [9.17, 15) is 0 Å². The van der Waals surface area contributed by atoms with Crippen LogP contribution in [0, 0.1) is 5.92 Å². The number of nitrogens with zero attached hydrogens (tertiary/aromatic N) is 3. The van der Waals surface area contributed by atoms with Crippen molar-refractivity contribution >= 4 is 11.6 Å². The van der Waals surface area contributed by atoms with E-state index < -0.39 is 0 Å². The van der Waals surface area contributed by atoms with E-state index in [0.29, 0.717) is 12.0 Å². The second-order valence-electron chi connectivity index (χ2n) is 6.84. The Labute approximate surface area is 126 Å². The quantitative estimate of drug-likeness (QED) is 0.661. The Bertz CT molecular complexity index is 511. The van der Waals surface area contributed by atoms with E-state index >= 15 is 0 Å². The van der Waals surface area contributed by atoms with Gasteiger partial charge in [0.2, 0.25) is 0 Å². The third-order valence-electron chi connectivity index (χ3n) is 5.36. The highest BCUT2D eigenvalue weighted by molar-refractivity contribution is 5.50. The minimum Gasteiger partial charge on any atom is -0.353 e. The average molecular weight is 287 g/mol. The number of rotatable bonds is 3. The lowest BCUT2D eigenvalue weighted by Crippen LogP contribution is -2.47. The maximum atomic E-state index is 5.61. The Kier molecular flexibility index (Phi) is 3.45. The molecule has 1 aromatic heterocycles. The number of nitrogens with two attached hydrogens (primary N) is 1.